The van der Waals surface area contributed by atoms with Gasteiger partial charge in [0.05, 0.1) is 17.2 Å². The van der Waals surface area contributed by atoms with Crippen LogP contribution in [-0.4, -0.2) is 31.7 Å². The van der Waals surface area contributed by atoms with Gasteiger partial charge in [-0.1, -0.05) is 66.7 Å². The zero-order valence-corrected chi connectivity index (χ0v) is 22.9. The molecule has 1 N–H and O–H groups in total. The predicted octanol–water partition coefficient (Wildman–Crippen LogP) is 7.68. The Labute approximate surface area is 237 Å². The normalized spacial score (nSPS) is 21.4. The molecule has 2 atom stereocenters. The molecule has 1 saturated carbocycles. The van der Waals surface area contributed by atoms with Crippen LogP contribution in [0.4, 0.5) is 30.7 Å². The zero-order valence-electron chi connectivity index (χ0n) is 22.1. The van der Waals surface area contributed by atoms with Crippen LogP contribution in [0.1, 0.15) is 42.9 Å². The molecule has 0 bridgehead atoms. The maximum atomic E-state index is 14.4. The van der Waals surface area contributed by atoms with Crippen LogP contribution in [0, 0.1) is 11.7 Å². The third-order valence-corrected chi connectivity index (χ3v) is 10.2. The second-order valence-corrected chi connectivity index (χ2v) is 12.4. The molecule has 4 rings (SSSR count). The molecule has 0 radical (unpaired) electrons. The number of benzene rings is 3. The summed E-state index contributed by atoms with van der Waals surface area (Å²) < 4.78 is 131. The first-order valence-corrected chi connectivity index (χ1v) is 14.2. The van der Waals surface area contributed by atoms with E-state index >= 15 is 0 Å². The van der Waals surface area contributed by atoms with Gasteiger partial charge >= 0.3 is 12.4 Å². The van der Waals surface area contributed by atoms with Crippen LogP contribution in [0.2, 0.25) is 0 Å². The highest BCUT2D eigenvalue weighted by Crippen LogP contribution is 2.54. The molecule has 0 spiro atoms. The number of oxime groups is 1. The molecule has 1 aliphatic carbocycles. The number of hydrogen-bond acceptors (Lipinski definition) is 5. The fraction of sp³-hybridized carbons (Fsp3) is 0.345. The fourth-order valence-electron chi connectivity index (χ4n) is 5.45. The Morgan fingerprint density at radius 1 is 0.905 bits per heavy atom. The van der Waals surface area contributed by atoms with E-state index < -0.39 is 56.4 Å². The quantitative estimate of drug-likeness (QED) is 0.128. The molecule has 5 nitrogen and oxygen atoms in total. The van der Waals surface area contributed by atoms with Crippen molar-refractivity contribution in [2.45, 2.75) is 60.4 Å². The first-order chi connectivity index (χ1) is 19.6. The van der Waals surface area contributed by atoms with Crippen molar-refractivity contribution in [3.63, 3.8) is 0 Å². The average molecular weight is 618 g/mol. The first-order valence-electron chi connectivity index (χ1n) is 12.7. The maximum absolute atomic E-state index is 14.4. The second kappa shape index (κ2) is 11.3. The number of ether oxygens (including phenoxy) is 1. The van der Waals surface area contributed by atoms with Gasteiger partial charge < -0.3 is 9.94 Å². The molecule has 1 aliphatic rings. The van der Waals surface area contributed by atoms with Crippen LogP contribution in [-0.2, 0) is 31.5 Å². The van der Waals surface area contributed by atoms with E-state index in [1.165, 1.54) is 24.3 Å². The van der Waals surface area contributed by atoms with Gasteiger partial charge in [-0.25, -0.2) is 12.8 Å². The predicted molar refractivity (Wildman–Crippen MR) is 139 cm³/mol. The lowest BCUT2D eigenvalue weighted by molar-refractivity contribution is -0.392. The topological polar surface area (TPSA) is 76.0 Å². The summed E-state index contributed by atoms with van der Waals surface area (Å²) in [5.41, 5.74) is -5.69. The molecule has 3 aromatic rings. The summed E-state index contributed by atoms with van der Waals surface area (Å²) in [6, 6.07) is 14.0. The maximum Gasteiger partial charge on any atom is 0.430 e. The minimum atomic E-state index is -5.94. The van der Waals surface area contributed by atoms with Crippen LogP contribution in [0.15, 0.2) is 88.9 Å². The van der Waals surface area contributed by atoms with Crippen molar-refractivity contribution in [1.82, 2.24) is 0 Å². The standard InChI is InChI=1S/C29H26F7NO4S/c1-19-17-26(16-15-25(19)37-38,42(39,40)24-13-11-23(30)12-14-24)21-7-9-22(10-8-21)27(28(31,32)33,29(34,35)36)41-18-20-5-3-2-4-6-20/h2-14,19,38H,15-18H2,1H3/t19-,26-/m1/s1. The second-order valence-electron chi connectivity index (χ2n) is 10.2. The number of nitrogens with zero attached hydrogens (tertiary/aromatic N) is 1. The van der Waals surface area contributed by atoms with E-state index in [0.717, 1.165) is 36.4 Å². The Balaban J connectivity index is 1.86. The van der Waals surface area contributed by atoms with Gasteiger partial charge in [0.25, 0.3) is 5.60 Å². The summed E-state index contributed by atoms with van der Waals surface area (Å²) in [6.07, 6.45) is -12.3. The monoisotopic (exact) mass is 617 g/mol. The van der Waals surface area contributed by atoms with Crippen LogP contribution in [0.3, 0.4) is 0 Å². The molecule has 1 fully saturated rings. The van der Waals surface area contributed by atoms with E-state index in [1.54, 1.807) is 13.0 Å². The molecule has 0 saturated heterocycles. The highest BCUT2D eigenvalue weighted by Gasteiger charge is 2.73. The van der Waals surface area contributed by atoms with E-state index in [9.17, 15) is 44.4 Å². The van der Waals surface area contributed by atoms with Crippen LogP contribution < -0.4 is 0 Å². The van der Waals surface area contributed by atoms with E-state index in [1.807, 2.05) is 0 Å². The van der Waals surface area contributed by atoms with Gasteiger partial charge in [-0.2, -0.15) is 26.3 Å². The fourth-order valence-corrected chi connectivity index (χ4v) is 7.68. The van der Waals surface area contributed by atoms with E-state index in [4.69, 9.17) is 0 Å². The summed E-state index contributed by atoms with van der Waals surface area (Å²) in [4.78, 5) is -0.282. The van der Waals surface area contributed by atoms with E-state index in [0.29, 0.717) is 17.8 Å². The molecule has 0 amide bonds. The molecule has 0 aromatic heterocycles. The number of halogens is 7. The molecule has 42 heavy (non-hydrogen) atoms. The van der Waals surface area contributed by atoms with Crippen molar-refractivity contribution in [3.8, 4) is 0 Å². The highest BCUT2D eigenvalue weighted by atomic mass is 32.2. The largest absolute Gasteiger partial charge is 0.430 e. The van der Waals surface area contributed by atoms with Crippen molar-refractivity contribution >= 4 is 15.5 Å². The number of rotatable bonds is 7. The Bertz CT molecular complexity index is 1510. The molecular formula is C29H26F7NO4S. The Morgan fingerprint density at radius 3 is 1.98 bits per heavy atom. The van der Waals surface area contributed by atoms with Crippen LogP contribution >= 0.6 is 0 Å². The number of alkyl halides is 6. The summed E-state index contributed by atoms with van der Waals surface area (Å²) in [7, 11) is -4.39. The van der Waals surface area contributed by atoms with Gasteiger partial charge in [-0.05, 0) is 60.6 Å². The lowest BCUT2D eigenvalue weighted by Gasteiger charge is -2.41. The summed E-state index contributed by atoms with van der Waals surface area (Å²) in [5, 5.41) is 12.5. The van der Waals surface area contributed by atoms with Gasteiger partial charge in [-0.15, -0.1) is 0 Å². The SMILES string of the molecule is C[C@@H]1C[C@](c2ccc(C(OCc3ccccc3)(C(F)(F)F)C(F)(F)F)cc2)(S(=O)(=O)c2ccc(F)cc2)CCC1=NO. The molecular weight excluding hydrogens is 591 g/mol. The Morgan fingerprint density at radius 2 is 1.48 bits per heavy atom. The van der Waals surface area contributed by atoms with E-state index in [2.05, 4.69) is 9.89 Å². The van der Waals surface area contributed by atoms with Gasteiger partial charge in [-0.3, -0.25) is 0 Å². The van der Waals surface area contributed by atoms with Gasteiger partial charge in [0.1, 0.15) is 10.6 Å². The van der Waals surface area contributed by atoms with Crippen molar-refractivity contribution in [2.24, 2.45) is 11.1 Å². The molecule has 226 valence electrons. The summed E-state index contributed by atoms with van der Waals surface area (Å²) >= 11 is 0. The van der Waals surface area contributed by atoms with Crippen molar-refractivity contribution < 1.29 is 49.1 Å². The van der Waals surface area contributed by atoms with Crippen LogP contribution in [0.25, 0.3) is 0 Å². The third kappa shape index (κ3) is 5.39. The molecule has 0 heterocycles. The van der Waals surface area contributed by atoms with Gasteiger partial charge in [0.2, 0.25) is 0 Å². The first kappa shape index (κ1) is 31.5. The zero-order chi connectivity index (χ0) is 31.0. The van der Waals surface area contributed by atoms with Gasteiger partial charge in [0, 0.05) is 5.56 Å². The lowest BCUT2D eigenvalue weighted by atomic mass is 9.76. The van der Waals surface area contributed by atoms with Gasteiger partial charge in [0.15, 0.2) is 9.84 Å². The molecule has 0 aliphatic heterocycles. The molecule has 13 heteroatoms. The highest BCUT2D eigenvalue weighted by molar-refractivity contribution is 7.92. The van der Waals surface area contributed by atoms with E-state index in [-0.39, 0.29) is 35.3 Å². The number of hydrogen-bond donors (Lipinski definition) is 1. The van der Waals surface area contributed by atoms with Crippen LogP contribution in [0.5, 0.6) is 0 Å². The smallest absolute Gasteiger partial charge is 0.411 e. The average Bonchev–Trinajstić information content (AvgIpc) is 2.93. The summed E-state index contributed by atoms with van der Waals surface area (Å²) in [5.74, 6) is -1.32. The Kier molecular flexibility index (Phi) is 8.49. The minimum Gasteiger partial charge on any atom is -0.411 e. The van der Waals surface area contributed by atoms with Crippen molar-refractivity contribution in [1.29, 1.82) is 0 Å². The third-order valence-electron chi connectivity index (χ3n) is 7.67. The van der Waals surface area contributed by atoms with Crippen molar-refractivity contribution in [2.75, 3.05) is 0 Å². The molecule has 3 aromatic carbocycles. The minimum absolute atomic E-state index is 0.0188. The molecule has 0 unspecified atom stereocenters. The summed E-state index contributed by atoms with van der Waals surface area (Å²) in [6.45, 7) is 0.582. The number of sulfone groups is 1. The Hall–Kier alpha value is -3.45. The van der Waals surface area contributed by atoms with Crippen molar-refractivity contribution in [3.05, 3.63) is 101 Å². The lowest BCUT2D eigenvalue weighted by Crippen LogP contribution is -2.55.